The first kappa shape index (κ1) is 26.3. The van der Waals surface area contributed by atoms with Crippen molar-refractivity contribution in [2.24, 2.45) is 0 Å². The van der Waals surface area contributed by atoms with E-state index in [-0.39, 0.29) is 30.4 Å². The molecule has 11 heteroatoms. The third-order valence-electron chi connectivity index (χ3n) is 6.80. The third kappa shape index (κ3) is 5.18. The van der Waals surface area contributed by atoms with Crippen molar-refractivity contribution < 1.29 is 18.7 Å². The van der Waals surface area contributed by atoms with Crippen molar-refractivity contribution in [3.05, 3.63) is 51.2 Å². The first-order valence-corrected chi connectivity index (χ1v) is 13.1. The predicted molar refractivity (Wildman–Crippen MR) is 136 cm³/mol. The number of thiazole rings is 1. The van der Waals surface area contributed by atoms with Crippen LogP contribution in [0.3, 0.4) is 0 Å². The minimum Gasteiger partial charge on any atom is -0.390 e. The molecule has 5 rings (SSSR count). The molecule has 2 aromatic heterocycles. The molecule has 2 aliphatic rings. The zero-order chi connectivity index (χ0) is 26.0. The van der Waals surface area contributed by atoms with Crippen molar-refractivity contribution in [3.8, 4) is 0 Å². The summed E-state index contributed by atoms with van der Waals surface area (Å²) in [6.07, 6.45) is 3.97. The average Bonchev–Trinajstić information content (AvgIpc) is 3.48. The lowest BCUT2D eigenvalue weighted by molar-refractivity contribution is -0.125. The molecule has 0 spiro atoms. The Bertz CT molecular complexity index is 1270. The minimum atomic E-state index is -3.06. The van der Waals surface area contributed by atoms with Crippen LogP contribution in [0.4, 0.5) is 13.9 Å². The van der Waals surface area contributed by atoms with Gasteiger partial charge in [0.15, 0.2) is 5.13 Å². The van der Waals surface area contributed by atoms with Crippen molar-refractivity contribution in [1.82, 2.24) is 19.9 Å². The minimum absolute atomic E-state index is 0.00909. The number of fused-ring (bicyclic) bond motifs is 2. The lowest BCUT2D eigenvalue weighted by Crippen LogP contribution is -2.52. The van der Waals surface area contributed by atoms with E-state index in [2.05, 4.69) is 32.4 Å². The first-order chi connectivity index (χ1) is 17.2. The van der Waals surface area contributed by atoms with Gasteiger partial charge in [-0.15, -0.1) is 0 Å². The number of benzene rings is 1. The summed E-state index contributed by atoms with van der Waals surface area (Å²) in [5.74, 6) is -4.69. The number of piperidine rings is 1. The number of alkyl halides is 2. The second-order valence-electron chi connectivity index (χ2n) is 8.94. The molecular formula is C25H31F2N5O3S. The Kier molecular flexibility index (Phi) is 7.82. The van der Waals surface area contributed by atoms with E-state index in [1.165, 1.54) is 22.5 Å². The Morgan fingerprint density at radius 1 is 1.31 bits per heavy atom. The summed E-state index contributed by atoms with van der Waals surface area (Å²) in [7, 11) is 0. The number of nitrogens with zero attached hydrogens (tertiary/aromatic N) is 3. The zero-order valence-corrected chi connectivity index (χ0v) is 21.4. The number of aryl methyl sites for hydroxylation is 2. The lowest BCUT2D eigenvalue weighted by atomic mass is 9.89. The number of hydrogen-bond donors (Lipinski definition) is 3. The number of anilines is 1. The molecule has 1 saturated heterocycles. The van der Waals surface area contributed by atoms with Crippen molar-refractivity contribution in [3.63, 3.8) is 0 Å². The van der Waals surface area contributed by atoms with Gasteiger partial charge in [-0.3, -0.25) is 14.5 Å². The van der Waals surface area contributed by atoms with Crippen molar-refractivity contribution in [1.29, 1.82) is 0 Å². The fourth-order valence-corrected chi connectivity index (χ4v) is 5.67. The van der Waals surface area contributed by atoms with Crippen LogP contribution in [-0.4, -0.2) is 55.9 Å². The van der Waals surface area contributed by atoms with Crippen LogP contribution in [0.1, 0.15) is 62.0 Å². The molecule has 1 aromatic carbocycles. The second kappa shape index (κ2) is 10.7. The highest BCUT2D eigenvalue weighted by atomic mass is 32.1. The molecule has 36 heavy (non-hydrogen) atoms. The van der Waals surface area contributed by atoms with E-state index in [0.29, 0.717) is 5.13 Å². The molecule has 1 fully saturated rings. The average molecular weight is 520 g/mol. The first-order valence-electron chi connectivity index (χ1n) is 12.3. The molecule has 3 N–H and O–H groups in total. The Hall–Kier alpha value is -2.76. The Morgan fingerprint density at radius 3 is 2.75 bits per heavy atom. The SMILES string of the molecule is CC.CC(C(=O)Nc1nc2cc3c(cc2s1)CCC3)N1CCC(F)(F)C(c2c[nH]c(=O)c(CO)n2)C1. The summed E-state index contributed by atoms with van der Waals surface area (Å²) in [5, 5.41) is 12.6. The number of H-pyrrole nitrogens is 1. The summed E-state index contributed by atoms with van der Waals surface area (Å²) in [6.45, 7) is 4.96. The van der Waals surface area contributed by atoms with Crippen LogP contribution in [0.2, 0.25) is 0 Å². The highest BCUT2D eigenvalue weighted by molar-refractivity contribution is 7.22. The standard InChI is InChI=1S/C23H25F2N5O3S.C2H6/c1-12(20(32)29-22-28-16-7-13-3-2-4-14(13)8-19(16)34-22)30-6-5-23(24,25)15(10-30)17-9-26-21(33)18(11-31)27-17;1-2/h7-9,12,15,31H,2-6,10-11H2,1H3,(H,26,33)(H,28,29,32);1-2H3. The highest BCUT2D eigenvalue weighted by Gasteiger charge is 2.47. The fraction of sp³-hybridized carbons (Fsp3) is 0.520. The van der Waals surface area contributed by atoms with Crippen molar-refractivity contribution >= 4 is 32.6 Å². The number of aromatic amines is 1. The zero-order valence-electron chi connectivity index (χ0n) is 20.6. The topological polar surface area (TPSA) is 111 Å². The van der Waals surface area contributed by atoms with Crippen LogP contribution in [-0.2, 0) is 24.2 Å². The van der Waals surface area contributed by atoms with Crippen LogP contribution < -0.4 is 10.9 Å². The molecule has 2 atom stereocenters. The van der Waals surface area contributed by atoms with E-state index in [9.17, 15) is 23.5 Å². The van der Waals surface area contributed by atoms with Crippen LogP contribution >= 0.6 is 11.3 Å². The monoisotopic (exact) mass is 519 g/mol. The maximum absolute atomic E-state index is 14.8. The van der Waals surface area contributed by atoms with Gasteiger partial charge in [-0.2, -0.15) is 0 Å². The van der Waals surface area contributed by atoms with Gasteiger partial charge in [0, 0.05) is 25.7 Å². The second-order valence-corrected chi connectivity index (χ2v) is 9.97. The number of nitrogens with one attached hydrogen (secondary N) is 2. The van der Waals surface area contributed by atoms with Gasteiger partial charge in [-0.25, -0.2) is 18.7 Å². The summed E-state index contributed by atoms with van der Waals surface area (Å²) >= 11 is 1.41. The van der Waals surface area contributed by atoms with Crippen LogP contribution in [0.5, 0.6) is 0 Å². The van der Waals surface area contributed by atoms with Gasteiger partial charge in [0.2, 0.25) is 5.91 Å². The van der Waals surface area contributed by atoms with Crippen LogP contribution in [0, 0.1) is 0 Å². The summed E-state index contributed by atoms with van der Waals surface area (Å²) in [4.78, 5) is 37.2. The molecule has 2 unspecified atom stereocenters. The molecule has 0 saturated carbocycles. The number of aliphatic hydroxyl groups is 1. The molecule has 1 aliphatic carbocycles. The number of aromatic nitrogens is 3. The van der Waals surface area contributed by atoms with Gasteiger partial charge in [-0.1, -0.05) is 25.2 Å². The van der Waals surface area contributed by atoms with Gasteiger partial charge < -0.3 is 15.4 Å². The van der Waals surface area contributed by atoms with Gasteiger partial charge in [0.05, 0.1) is 34.5 Å². The Balaban J connectivity index is 0.00000148. The largest absolute Gasteiger partial charge is 0.390 e. The van der Waals surface area contributed by atoms with Crippen LogP contribution in [0.15, 0.2) is 23.1 Å². The maximum Gasteiger partial charge on any atom is 0.272 e. The van der Waals surface area contributed by atoms with E-state index in [4.69, 9.17) is 0 Å². The summed E-state index contributed by atoms with van der Waals surface area (Å²) < 4.78 is 30.5. The smallest absolute Gasteiger partial charge is 0.272 e. The molecular weight excluding hydrogens is 488 g/mol. The van der Waals surface area contributed by atoms with Crippen molar-refractivity contribution in [2.75, 3.05) is 18.4 Å². The lowest BCUT2D eigenvalue weighted by Gasteiger charge is -2.40. The molecule has 0 radical (unpaired) electrons. The van der Waals surface area contributed by atoms with Gasteiger partial charge in [-0.05, 0) is 49.4 Å². The number of hydrogen-bond acceptors (Lipinski definition) is 7. The molecule has 1 amide bonds. The number of likely N-dealkylation sites (tertiary alicyclic amines) is 1. The number of halogens is 2. The summed E-state index contributed by atoms with van der Waals surface area (Å²) in [6, 6.07) is 3.56. The Morgan fingerprint density at radius 2 is 2.03 bits per heavy atom. The fourth-order valence-electron chi connectivity index (χ4n) is 4.76. The molecule has 194 valence electrons. The van der Waals surface area contributed by atoms with Gasteiger partial charge in [0.1, 0.15) is 5.69 Å². The number of carbonyl (C=O) groups excluding carboxylic acids is 1. The molecule has 3 heterocycles. The van der Waals surface area contributed by atoms with E-state index in [0.717, 1.165) is 35.7 Å². The van der Waals surface area contributed by atoms with E-state index in [1.807, 2.05) is 13.8 Å². The number of rotatable bonds is 5. The quantitative estimate of drug-likeness (QED) is 0.472. The number of aliphatic hydroxyl groups excluding tert-OH is 1. The van der Waals surface area contributed by atoms with E-state index in [1.54, 1.807) is 11.8 Å². The van der Waals surface area contributed by atoms with Crippen molar-refractivity contribution in [2.45, 2.75) is 70.9 Å². The molecule has 1 aliphatic heterocycles. The molecule has 0 bridgehead atoms. The normalized spacial score (nSPS) is 19.9. The van der Waals surface area contributed by atoms with Gasteiger partial charge >= 0.3 is 0 Å². The third-order valence-corrected chi connectivity index (χ3v) is 7.74. The summed E-state index contributed by atoms with van der Waals surface area (Å²) in [5.41, 5.74) is 2.67. The number of amides is 1. The molecule has 3 aromatic rings. The maximum atomic E-state index is 14.8. The highest BCUT2D eigenvalue weighted by Crippen LogP contribution is 2.40. The van der Waals surface area contributed by atoms with Gasteiger partial charge in [0.25, 0.3) is 11.5 Å². The van der Waals surface area contributed by atoms with E-state index < -0.39 is 36.5 Å². The number of carbonyl (C=O) groups is 1. The Labute approximate surface area is 211 Å². The predicted octanol–water partition coefficient (Wildman–Crippen LogP) is 3.84. The van der Waals surface area contributed by atoms with E-state index >= 15 is 0 Å². The molecule has 8 nitrogen and oxygen atoms in total. The van der Waals surface area contributed by atoms with Crippen LogP contribution in [0.25, 0.3) is 10.2 Å².